The second-order valence-electron chi connectivity index (χ2n) is 4.70. The van der Waals surface area contributed by atoms with E-state index in [2.05, 4.69) is 0 Å². The minimum Gasteiger partial charge on any atom is -0.302 e. The summed E-state index contributed by atoms with van der Waals surface area (Å²) in [6.45, 7) is 1.88. The van der Waals surface area contributed by atoms with Crippen molar-refractivity contribution >= 4 is 6.29 Å². The zero-order chi connectivity index (χ0) is 13.0. The minimum absolute atomic E-state index is 0.285. The summed E-state index contributed by atoms with van der Waals surface area (Å²) in [6.07, 6.45) is 1.55. The summed E-state index contributed by atoms with van der Waals surface area (Å²) in [5.41, 5.74) is 1.31. The van der Waals surface area contributed by atoms with Crippen molar-refractivity contribution in [3.05, 3.63) is 71.5 Å². The Labute approximate surface area is 106 Å². The van der Waals surface area contributed by atoms with Gasteiger partial charge in [-0.3, -0.25) is 0 Å². The van der Waals surface area contributed by atoms with Gasteiger partial charge in [-0.05, 0) is 36.6 Å². The van der Waals surface area contributed by atoms with Crippen molar-refractivity contribution < 1.29 is 9.18 Å². The van der Waals surface area contributed by atoms with Gasteiger partial charge in [0, 0.05) is 0 Å². The second-order valence-corrected chi connectivity index (χ2v) is 4.70. The number of rotatable bonds is 4. The lowest BCUT2D eigenvalue weighted by Crippen LogP contribution is -2.26. The Bertz CT molecular complexity index is 519. The van der Waals surface area contributed by atoms with Gasteiger partial charge >= 0.3 is 0 Å². The molecule has 2 heteroatoms. The lowest BCUT2D eigenvalue weighted by atomic mass is 9.79. The Morgan fingerprint density at radius 3 is 2.22 bits per heavy atom. The van der Waals surface area contributed by atoms with Gasteiger partial charge in [-0.2, -0.15) is 0 Å². The molecule has 92 valence electrons. The van der Waals surface area contributed by atoms with E-state index in [4.69, 9.17) is 0 Å². The molecule has 1 nitrogen and oxygen atoms in total. The van der Waals surface area contributed by atoms with Gasteiger partial charge in [-0.25, -0.2) is 4.39 Å². The van der Waals surface area contributed by atoms with E-state index in [1.165, 1.54) is 12.1 Å². The first-order valence-corrected chi connectivity index (χ1v) is 5.90. The molecule has 18 heavy (non-hydrogen) atoms. The number of halogens is 1. The van der Waals surface area contributed by atoms with Crippen LogP contribution >= 0.6 is 0 Å². The summed E-state index contributed by atoms with van der Waals surface area (Å²) in [5, 5.41) is 0. The van der Waals surface area contributed by atoms with Crippen LogP contribution < -0.4 is 0 Å². The van der Waals surface area contributed by atoms with E-state index < -0.39 is 5.41 Å². The van der Waals surface area contributed by atoms with E-state index in [1.807, 2.05) is 37.3 Å². The summed E-state index contributed by atoms with van der Waals surface area (Å²) in [4.78, 5) is 11.4. The van der Waals surface area contributed by atoms with Crippen LogP contribution in [0.4, 0.5) is 4.39 Å². The number of hydrogen-bond donors (Lipinski definition) is 0. The molecule has 2 aromatic rings. The summed E-state index contributed by atoms with van der Waals surface area (Å²) < 4.78 is 12.9. The quantitative estimate of drug-likeness (QED) is 0.750. The molecule has 0 N–H and O–H groups in total. The molecule has 0 unspecified atom stereocenters. The molecule has 0 heterocycles. The number of carbonyl (C=O) groups is 1. The van der Waals surface area contributed by atoms with Gasteiger partial charge in [0.25, 0.3) is 0 Å². The zero-order valence-corrected chi connectivity index (χ0v) is 10.3. The van der Waals surface area contributed by atoms with E-state index in [0.717, 1.165) is 17.4 Å². The number of carbonyl (C=O) groups excluding carboxylic acids is 1. The fraction of sp³-hybridized carbons (Fsp3) is 0.188. The Hall–Kier alpha value is -1.96. The predicted molar refractivity (Wildman–Crippen MR) is 70.0 cm³/mol. The molecule has 0 aliphatic carbocycles. The molecule has 0 bridgehead atoms. The molecule has 0 saturated heterocycles. The summed E-state index contributed by atoms with van der Waals surface area (Å²) in [5.74, 6) is -0.285. The highest BCUT2D eigenvalue weighted by Gasteiger charge is 2.26. The molecule has 0 radical (unpaired) electrons. The van der Waals surface area contributed by atoms with Crippen molar-refractivity contribution in [2.24, 2.45) is 0 Å². The molecule has 0 fully saturated rings. The van der Waals surface area contributed by atoms with Crippen molar-refractivity contribution in [2.75, 3.05) is 0 Å². The molecule has 2 rings (SSSR count). The summed E-state index contributed by atoms with van der Waals surface area (Å²) in [7, 11) is 0. The van der Waals surface area contributed by atoms with Crippen LogP contribution in [0.2, 0.25) is 0 Å². The van der Waals surface area contributed by atoms with E-state index in [9.17, 15) is 9.18 Å². The molecule has 0 aliphatic rings. The average Bonchev–Trinajstić information content (AvgIpc) is 2.40. The third-order valence-corrected chi connectivity index (χ3v) is 3.18. The van der Waals surface area contributed by atoms with Crippen molar-refractivity contribution in [1.82, 2.24) is 0 Å². The van der Waals surface area contributed by atoms with E-state index in [1.54, 1.807) is 12.1 Å². The number of hydrogen-bond acceptors (Lipinski definition) is 1. The Balaban J connectivity index is 2.30. The highest BCUT2D eigenvalue weighted by atomic mass is 19.1. The highest BCUT2D eigenvalue weighted by molar-refractivity contribution is 5.68. The first-order valence-electron chi connectivity index (χ1n) is 5.90. The lowest BCUT2D eigenvalue weighted by molar-refractivity contribution is -0.112. The Morgan fingerprint density at radius 1 is 1.06 bits per heavy atom. The first-order chi connectivity index (χ1) is 8.64. The molecule has 0 aliphatic heterocycles. The van der Waals surface area contributed by atoms with E-state index in [-0.39, 0.29) is 5.82 Å². The average molecular weight is 242 g/mol. The molecular weight excluding hydrogens is 227 g/mol. The van der Waals surface area contributed by atoms with E-state index >= 15 is 0 Å². The van der Waals surface area contributed by atoms with Gasteiger partial charge in [0.2, 0.25) is 0 Å². The van der Waals surface area contributed by atoms with Crippen LogP contribution in [0.15, 0.2) is 54.6 Å². The topological polar surface area (TPSA) is 17.1 Å². The largest absolute Gasteiger partial charge is 0.302 e. The normalized spacial score (nSPS) is 13.9. The molecule has 0 saturated carbocycles. The maximum atomic E-state index is 12.9. The van der Waals surface area contributed by atoms with Gasteiger partial charge in [0.05, 0.1) is 5.41 Å². The molecule has 0 spiro atoms. The summed E-state index contributed by atoms with van der Waals surface area (Å²) >= 11 is 0. The van der Waals surface area contributed by atoms with Crippen LogP contribution in [0.25, 0.3) is 0 Å². The predicted octanol–water partition coefficient (Wildman–Crippen LogP) is 3.53. The van der Waals surface area contributed by atoms with Crippen molar-refractivity contribution in [2.45, 2.75) is 18.8 Å². The highest BCUT2D eigenvalue weighted by Crippen LogP contribution is 2.26. The third kappa shape index (κ3) is 2.65. The van der Waals surface area contributed by atoms with Gasteiger partial charge in [-0.1, -0.05) is 42.5 Å². The fourth-order valence-corrected chi connectivity index (χ4v) is 2.06. The standard InChI is InChI=1S/C16H15FO/c1-16(12-18,11-13-5-3-2-4-6-13)14-7-9-15(17)10-8-14/h2-10,12H,11H2,1H3/t16-/m0/s1. The maximum absolute atomic E-state index is 12.9. The minimum atomic E-state index is -0.616. The molecule has 0 amide bonds. The molecular formula is C16H15FO. The van der Waals surface area contributed by atoms with Crippen LogP contribution in [-0.2, 0) is 16.6 Å². The molecule has 1 atom stereocenters. The smallest absolute Gasteiger partial charge is 0.130 e. The number of benzene rings is 2. The van der Waals surface area contributed by atoms with Crippen LogP contribution in [-0.4, -0.2) is 6.29 Å². The zero-order valence-electron chi connectivity index (χ0n) is 10.3. The molecule has 2 aromatic carbocycles. The fourth-order valence-electron chi connectivity index (χ4n) is 2.06. The lowest BCUT2D eigenvalue weighted by Gasteiger charge is -2.23. The monoisotopic (exact) mass is 242 g/mol. The number of aldehydes is 1. The Kier molecular flexibility index (Phi) is 3.56. The van der Waals surface area contributed by atoms with Crippen LogP contribution in [0.3, 0.4) is 0 Å². The van der Waals surface area contributed by atoms with Gasteiger partial charge in [-0.15, -0.1) is 0 Å². The van der Waals surface area contributed by atoms with Gasteiger partial charge in [0.15, 0.2) is 0 Å². The molecule has 0 aromatic heterocycles. The van der Waals surface area contributed by atoms with Crippen LogP contribution in [0, 0.1) is 5.82 Å². The summed E-state index contributed by atoms with van der Waals surface area (Å²) in [6, 6.07) is 16.0. The van der Waals surface area contributed by atoms with E-state index in [0.29, 0.717) is 6.42 Å². The van der Waals surface area contributed by atoms with Gasteiger partial charge in [0.1, 0.15) is 12.1 Å². The second kappa shape index (κ2) is 5.13. The van der Waals surface area contributed by atoms with Crippen molar-refractivity contribution in [3.63, 3.8) is 0 Å². The van der Waals surface area contributed by atoms with Gasteiger partial charge < -0.3 is 4.79 Å². The van der Waals surface area contributed by atoms with Crippen molar-refractivity contribution in [1.29, 1.82) is 0 Å². The first kappa shape index (κ1) is 12.5. The van der Waals surface area contributed by atoms with Crippen LogP contribution in [0.5, 0.6) is 0 Å². The van der Waals surface area contributed by atoms with Crippen LogP contribution in [0.1, 0.15) is 18.1 Å². The Morgan fingerprint density at radius 2 is 1.67 bits per heavy atom. The third-order valence-electron chi connectivity index (χ3n) is 3.18. The van der Waals surface area contributed by atoms with Crippen molar-refractivity contribution in [3.8, 4) is 0 Å². The maximum Gasteiger partial charge on any atom is 0.130 e. The SMILES string of the molecule is C[C@@](C=O)(Cc1ccccc1)c1ccc(F)cc1.